The van der Waals surface area contributed by atoms with Crippen LogP contribution in [0.25, 0.3) is 0 Å². The summed E-state index contributed by atoms with van der Waals surface area (Å²) in [5.74, 6) is -13.6. The molecule has 1 aliphatic rings. The molecule has 1 aliphatic carbocycles. The summed E-state index contributed by atoms with van der Waals surface area (Å²) >= 11 is 0. The Morgan fingerprint density at radius 1 is 1.07 bits per heavy atom. The first-order valence-corrected chi connectivity index (χ1v) is 7.80. The lowest BCUT2D eigenvalue weighted by Crippen LogP contribution is -2.15. The van der Waals surface area contributed by atoms with Crippen molar-refractivity contribution in [2.45, 2.75) is 33.2 Å². The molecule has 2 atom stereocenters. The molecule has 0 radical (unpaired) electrons. The van der Waals surface area contributed by atoms with Gasteiger partial charge in [-0.3, -0.25) is 4.79 Å². The molecule has 2 rings (SSSR count). The van der Waals surface area contributed by atoms with E-state index in [2.05, 4.69) is 4.74 Å². The highest BCUT2D eigenvalue weighted by molar-refractivity contribution is 5.78. The van der Waals surface area contributed by atoms with E-state index in [4.69, 9.17) is 5.11 Å². The van der Waals surface area contributed by atoms with E-state index in [0.29, 0.717) is 0 Å². The average Bonchev–Trinajstić information content (AvgIpc) is 3.13. The number of benzene rings is 1. The molecule has 3 nitrogen and oxygen atoms in total. The predicted molar refractivity (Wildman–Crippen MR) is 78.0 cm³/mol. The topological polar surface area (TPSA) is 46.5 Å². The molecule has 156 valence electrons. The number of aliphatic hydroxyl groups is 1. The zero-order valence-corrected chi connectivity index (χ0v) is 14.4. The van der Waals surface area contributed by atoms with Crippen molar-refractivity contribution in [2.24, 2.45) is 17.3 Å². The van der Waals surface area contributed by atoms with Crippen molar-refractivity contribution in [1.82, 2.24) is 0 Å². The van der Waals surface area contributed by atoms with Gasteiger partial charge in [0.15, 0.2) is 29.1 Å². The largest absolute Gasteiger partial charge is 0.460 e. The lowest BCUT2D eigenvalue weighted by Gasteiger charge is -2.11. The standard InChI is InChI=1S/C17H14F8O3/c1-16(2)8(3-9(18)17(23,24)25)10(16)15(27)28-5-7-13(21)11(19)6(4-26)12(20)14(7)22/h3,8,10,26H,4-5H2,1-2H3/t8-,10+/m0/s1. The lowest BCUT2D eigenvalue weighted by atomic mass is 10.1. The molecule has 11 heteroatoms. The molecule has 0 aliphatic heterocycles. The van der Waals surface area contributed by atoms with Crippen LogP contribution in [0.2, 0.25) is 0 Å². The molecule has 1 saturated carbocycles. The van der Waals surface area contributed by atoms with Gasteiger partial charge < -0.3 is 9.84 Å². The molecule has 1 N–H and O–H groups in total. The Bertz CT molecular complexity index is 800. The Morgan fingerprint density at radius 2 is 1.54 bits per heavy atom. The van der Waals surface area contributed by atoms with E-state index in [0.717, 1.165) is 0 Å². The molecule has 0 heterocycles. The van der Waals surface area contributed by atoms with Crippen LogP contribution in [0.1, 0.15) is 25.0 Å². The number of ether oxygens (including phenoxy) is 1. The van der Waals surface area contributed by atoms with Crippen molar-refractivity contribution >= 4 is 5.97 Å². The van der Waals surface area contributed by atoms with Gasteiger partial charge in [-0.2, -0.15) is 13.2 Å². The molecule has 0 amide bonds. The van der Waals surface area contributed by atoms with Crippen LogP contribution in [-0.4, -0.2) is 17.3 Å². The van der Waals surface area contributed by atoms with Crippen molar-refractivity contribution in [3.63, 3.8) is 0 Å². The summed E-state index contributed by atoms with van der Waals surface area (Å²) in [6.45, 7) is 0.127. The fourth-order valence-electron chi connectivity index (χ4n) is 2.91. The lowest BCUT2D eigenvalue weighted by molar-refractivity contribution is -0.147. The third-order valence-electron chi connectivity index (χ3n) is 4.72. The normalized spacial score (nSPS) is 21.6. The first-order chi connectivity index (χ1) is 12.7. The zero-order chi connectivity index (χ0) is 21.6. The van der Waals surface area contributed by atoms with Crippen LogP contribution in [0.15, 0.2) is 11.9 Å². The fourth-order valence-corrected chi connectivity index (χ4v) is 2.91. The highest BCUT2D eigenvalue weighted by Gasteiger charge is 2.62. The third-order valence-corrected chi connectivity index (χ3v) is 4.72. The molecular formula is C17H14F8O3. The average molecular weight is 418 g/mol. The van der Waals surface area contributed by atoms with Crippen LogP contribution in [0, 0.1) is 40.5 Å². The van der Waals surface area contributed by atoms with Gasteiger partial charge in [0.2, 0.25) is 0 Å². The monoisotopic (exact) mass is 418 g/mol. The Kier molecular flexibility index (Phi) is 5.80. The van der Waals surface area contributed by atoms with Gasteiger partial charge in [-0.1, -0.05) is 13.8 Å². The molecule has 28 heavy (non-hydrogen) atoms. The number of hydrogen-bond donors (Lipinski definition) is 1. The number of aliphatic hydroxyl groups excluding tert-OH is 1. The Balaban J connectivity index is 2.18. The maximum atomic E-state index is 13.8. The van der Waals surface area contributed by atoms with E-state index in [1.165, 1.54) is 13.8 Å². The minimum atomic E-state index is -5.23. The summed E-state index contributed by atoms with van der Waals surface area (Å²) in [5.41, 5.74) is -3.65. The molecule has 1 fully saturated rings. The van der Waals surface area contributed by atoms with Crippen molar-refractivity contribution in [1.29, 1.82) is 0 Å². The summed E-state index contributed by atoms with van der Waals surface area (Å²) in [6, 6.07) is 0. The van der Waals surface area contributed by atoms with Crippen LogP contribution < -0.4 is 0 Å². The van der Waals surface area contributed by atoms with Crippen LogP contribution >= 0.6 is 0 Å². The van der Waals surface area contributed by atoms with Gasteiger partial charge in [-0.05, 0) is 17.4 Å². The number of allylic oxidation sites excluding steroid dienone is 2. The quantitative estimate of drug-likeness (QED) is 0.436. The SMILES string of the molecule is CC1(C)[C@@H](C=C(F)C(F)(F)F)[C@@H]1C(=O)OCc1c(F)c(F)c(CO)c(F)c1F. The van der Waals surface area contributed by atoms with E-state index >= 15 is 0 Å². The molecular weight excluding hydrogens is 404 g/mol. The summed E-state index contributed by atoms with van der Waals surface area (Å²) in [6.07, 6.45) is -5.02. The number of hydrogen-bond acceptors (Lipinski definition) is 3. The molecule has 0 saturated heterocycles. The second-order valence-electron chi connectivity index (χ2n) is 6.82. The molecule has 0 aromatic heterocycles. The molecule has 1 aromatic rings. The Hall–Kier alpha value is -2.17. The fraction of sp³-hybridized carbons (Fsp3) is 0.471. The number of rotatable bonds is 5. The highest BCUT2D eigenvalue weighted by Crippen LogP contribution is 2.60. The summed E-state index contributed by atoms with van der Waals surface area (Å²) in [5, 5.41) is 8.74. The van der Waals surface area contributed by atoms with Gasteiger partial charge in [0, 0.05) is 0 Å². The number of esters is 1. The Labute approximate surface area is 153 Å². The van der Waals surface area contributed by atoms with E-state index in [-0.39, 0.29) is 6.08 Å². The number of halogens is 8. The minimum absolute atomic E-state index is 0.211. The van der Waals surface area contributed by atoms with Gasteiger partial charge in [0.25, 0.3) is 0 Å². The molecule has 0 bridgehead atoms. The van der Waals surface area contributed by atoms with E-state index < -0.39 is 82.8 Å². The number of alkyl halides is 3. The van der Waals surface area contributed by atoms with E-state index in [1.54, 1.807) is 0 Å². The maximum absolute atomic E-state index is 13.8. The smallest absolute Gasteiger partial charge is 0.442 e. The van der Waals surface area contributed by atoms with Crippen molar-refractivity contribution in [3.05, 3.63) is 46.3 Å². The van der Waals surface area contributed by atoms with Crippen molar-refractivity contribution < 1.29 is 49.8 Å². The predicted octanol–water partition coefficient (Wildman–Crippen LogP) is 4.47. The van der Waals surface area contributed by atoms with E-state index in [1.807, 2.05) is 0 Å². The van der Waals surface area contributed by atoms with Crippen molar-refractivity contribution in [2.75, 3.05) is 0 Å². The third kappa shape index (κ3) is 3.85. The Morgan fingerprint density at radius 3 is 1.96 bits per heavy atom. The second kappa shape index (κ2) is 7.34. The first kappa shape index (κ1) is 22.1. The van der Waals surface area contributed by atoms with Crippen molar-refractivity contribution in [3.8, 4) is 0 Å². The van der Waals surface area contributed by atoms with Crippen LogP contribution in [0.4, 0.5) is 35.1 Å². The van der Waals surface area contributed by atoms with Gasteiger partial charge in [0.1, 0.15) is 6.61 Å². The van der Waals surface area contributed by atoms with Gasteiger partial charge in [0.05, 0.1) is 23.7 Å². The first-order valence-electron chi connectivity index (χ1n) is 7.80. The molecule has 1 aromatic carbocycles. The minimum Gasteiger partial charge on any atom is -0.460 e. The zero-order valence-electron chi connectivity index (χ0n) is 14.4. The maximum Gasteiger partial charge on any atom is 0.442 e. The van der Waals surface area contributed by atoms with Gasteiger partial charge in [-0.15, -0.1) is 0 Å². The van der Waals surface area contributed by atoms with E-state index in [9.17, 15) is 39.9 Å². The van der Waals surface area contributed by atoms with Gasteiger partial charge in [-0.25, -0.2) is 22.0 Å². The van der Waals surface area contributed by atoms with Crippen LogP contribution in [0.5, 0.6) is 0 Å². The summed E-state index contributed by atoms with van der Waals surface area (Å²) < 4.78 is 109. The highest BCUT2D eigenvalue weighted by atomic mass is 19.4. The number of carbonyl (C=O) groups is 1. The van der Waals surface area contributed by atoms with Gasteiger partial charge >= 0.3 is 12.1 Å². The number of carbonyl (C=O) groups excluding carboxylic acids is 1. The molecule has 0 spiro atoms. The second-order valence-corrected chi connectivity index (χ2v) is 6.82. The van der Waals surface area contributed by atoms with Crippen LogP contribution in [0.3, 0.4) is 0 Å². The summed E-state index contributed by atoms with van der Waals surface area (Å²) in [7, 11) is 0. The summed E-state index contributed by atoms with van der Waals surface area (Å²) in [4.78, 5) is 12.0. The molecule has 0 unspecified atom stereocenters. The van der Waals surface area contributed by atoms with Crippen LogP contribution in [-0.2, 0) is 22.7 Å².